The number of rotatable bonds is 1. The number of hydrogen-bond donors (Lipinski definition) is 0. The number of carbonyl (C=O) groups is 1. The van der Waals surface area contributed by atoms with Gasteiger partial charge in [-0.3, -0.25) is 4.79 Å². The Morgan fingerprint density at radius 3 is 2.76 bits per heavy atom. The monoisotopic (exact) mass is 261 g/mol. The van der Waals surface area contributed by atoms with Crippen LogP contribution >= 0.6 is 11.8 Å². The molecule has 0 N–H and O–H groups in total. The standard InChI is InChI=1S/C11H10F3NOS/c12-11(13,14)9-2-1-8-6-15(7-16)3-4-17-10(8)5-9/h1-2,5,7H,3-4,6H2. The van der Waals surface area contributed by atoms with E-state index >= 15 is 0 Å². The van der Waals surface area contributed by atoms with Gasteiger partial charge in [-0.25, -0.2) is 0 Å². The quantitative estimate of drug-likeness (QED) is 0.724. The third kappa shape index (κ3) is 2.74. The molecule has 0 aromatic heterocycles. The molecule has 1 amide bonds. The second kappa shape index (κ2) is 4.60. The Morgan fingerprint density at radius 1 is 1.35 bits per heavy atom. The molecule has 0 unspecified atom stereocenters. The van der Waals surface area contributed by atoms with Crippen LogP contribution < -0.4 is 0 Å². The van der Waals surface area contributed by atoms with Crippen LogP contribution in [0.15, 0.2) is 23.1 Å². The van der Waals surface area contributed by atoms with Crippen LogP contribution in [-0.2, 0) is 17.5 Å². The lowest BCUT2D eigenvalue weighted by Gasteiger charge is -2.14. The number of amides is 1. The summed E-state index contributed by atoms with van der Waals surface area (Å²) in [6.45, 7) is 0.939. The number of nitrogens with zero attached hydrogens (tertiary/aromatic N) is 1. The summed E-state index contributed by atoms with van der Waals surface area (Å²) in [5, 5.41) is 0. The fraction of sp³-hybridized carbons (Fsp3) is 0.364. The first kappa shape index (κ1) is 12.3. The third-order valence-corrected chi connectivity index (χ3v) is 3.63. The molecule has 1 aliphatic rings. The second-order valence-electron chi connectivity index (χ2n) is 3.74. The van der Waals surface area contributed by atoms with Crippen molar-refractivity contribution in [1.29, 1.82) is 0 Å². The van der Waals surface area contributed by atoms with E-state index in [-0.39, 0.29) is 0 Å². The Kier molecular flexibility index (Phi) is 3.33. The summed E-state index contributed by atoms with van der Waals surface area (Å²) >= 11 is 1.36. The van der Waals surface area contributed by atoms with Crippen molar-refractivity contribution in [2.45, 2.75) is 17.6 Å². The van der Waals surface area contributed by atoms with E-state index in [4.69, 9.17) is 0 Å². The van der Waals surface area contributed by atoms with E-state index in [0.717, 1.165) is 24.1 Å². The molecule has 0 radical (unpaired) electrons. The van der Waals surface area contributed by atoms with Gasteiger partial charge in [0, 0.05) is 23.7 Å². The van der Waals surface area contributed by atoms with Gasteiger partial charge < -0.3 is 4.90 Å². The summed E-state index contributed by atoms with van der Waals surface area (Å²) in [6, 6.07) is 3.68. The van der Waals surface area contributed by atoms with Crippen LogP contribution in [0.1, 0.15) is 11.1 Å². The van der Waals surface area contributed by atoms with E-state index in [1.165, 1.54) is 17.8 Å². The van der Waals surface area contributed by atoms with E-state index < -0.39 is 11.7 Å². The van der Waals surface area contributed by atoms with Crippen LogP contribution in [0.4, 0.5) is 13.2 Å². The van der Waals surface area contributed by atoms with Gasteiger partial charge in [0.05, 0.1) is 5.56 Å². The Morgan fingerprint density at radius 2 is 2.12 bits per heavy atom. The maximum Gasteiger partial charge on any atom is 0.416 e. The van der Waals surface area contributed by atoms with Crippen molar-refractivity contribution in [2.75, 3.05) is 12.3 Å². The smallest absolute Gasteiger partial charge is 0.340 e. The van der Waals surface area contributed by atoms with E-state index in [9.17, 15) is 18.0 Å². The minimum Gasteiger partial charge on any atom is -0.340 e. The van der Waals surface area contributed by atoms with Gasteiger partial charge in [0.25, 0.3) is 0 Å². The molecule has 0 atom stereocenters. The van der Waals surface area contributed by atoms with Crippen molar-refractivity contribution >= 4 is 18.2 Å². The lowest BCUT2D eigenvalue weighted by Crippen LogP contribution is -2.22. The van der Waals surface area contributed by atoms with Crippen LogP contribution in [0.5, 0.6) is 0 Å². The topological polar surface area (TPSA) is 20.3 Å². The van der Waals surface area contributed by atoms with Crippen LogP contribution in [0.3, 0.4) is 0 Å². The van der Waals surface area contributed by atoms with Crippen LogP contribution in [-0.4, -0.2) is 23.6 Å². The minimum absolute atomic E-state index is 0.379. The molecule has 0 spiro atoms. The molecule has 0 bridgehead atoms. The molecule has 1 heterocycles. The second-order valence-corrected chi connectivity index (χ2v) is 4.88. The third-order valence-electron chi connectivity index (χ3n) is 2.55. The number of fused-ring (bicyclic) bond motifs is 1. The van der Waals surface area contributed by atoms with Gasteiger partial charge in [0.1, 0.15) is 0 Å². The fourth-order valence-electron chi connectivity index (χ4n) is 1.66. The molecule has 17 heavy (non-hydrogen) atoms. The predicted molar refractivity (Wildman–Crippen MR) is 58.6 cm³/mol. The lowest BCUT2D eigenvalue weighted by atomic mass is 10.1. The van der Waals surface area contributed by atoms with Gasteiger partial charge in [-0.1, -0.05) is 6.07 Å². The van der Waals surface area contributed by atoms with E-state index in [1.54, 1.807) is 4.90 Å². The Balaban J connectivity index is 2.34. The highest BCUT2D eigenvalue weighted by molar-refractivity contribution is 7.99. The highest BCUT2D eigenvalue weighted by Gasteiger charge is 2.31. The Labute approximate surface area is 101 Å². The zero-order chi connectivity index (χ0) is 12.5. The van der Waals surface area contributed by atoms with Crippen molar-refractivity contribution in [1.82, 2.24) is 4.90 Å². The van der Waals surface area contributed by atoms with Gasteiger partial charge in [-0.15, -0.1) is 11.8 Å². The number of alkyl halides is 3. The number of hydrogen-bond acceptors (Lipinski definition) is 2. The number of carbonyl (C=O) groups excluding carboxylic acids is 1. The Hall–Kier alpha value is -1.17. The summed E-state index contributed by atoms with van der Waals surface area (Å²) < 4.78 is 37.6. The van der Waals surface area contributed by atoms with Crippen molar-refractivity contribution in [3.8, 4) is 0 Å². The maximum absolute atomic E-state index is 12.5. The fourth-order valence-corrected chi connectivity index (χ4v) is 2.73. The molecular weight excluding hydrogens is 251 g/mol. The number of benzene rings is 1. The first-order valence-corrected chi connectivity index (χ1v) is 6.01. The summed E-state index contributed by atoms with van der Waals surface area (Å²) in [7, 11) is 0. The molecule has 2 rings (SSSR count). The SMILES string of the molecule is O=CN1CCSc2cc(C(F)(F)F)ccc2C1. The zero-order valence-corrected chi connectivity index (χ0v) is 9.64. The van der Waals surface area contributed by atoms with E-state index in [2.05, 4.69) is 0 Å². The van der Waals surface area contributed by atoms with Gasteiger partial charge in [-0.05, 0) is 17.7 Å². The molecule has 6 heteroatoms. The van der Waals surface area contributed by atoms with Gasteiger partial charge >= 0.3 is 6.18 Å². The minimum atomic E-state index is -4.31. The molecule has 2 nitrogen and oxygen atoms in total. The molecule has 0 saturated carbocycles. The normalized spacial score (nSPS) is 16.3. The number of halogens is 3. The van der Waals surface area contributed by atoms with Crippen LogP contribution in [0, 0.1) is 0 Å². The van der Waals surface area contributed by atoms with Gasteiger partial charge in [0.2, 0.25) is 6.41 Å². The van der Waals surface area contributed by atoms with Crippen molar-refractivity contribution in [3.63, 3.8) is 0 Å². The summed E-state index contributed by atoms with van der Waals surface area (Å²) in [5.41, 5.74) is 0.135. The average Bonchev–Trinajstić information content (AvgIpc) is 2.48. The van der Waals surface area contributed by atoms with Crippen molar-refractivity contribution < 1.29 is 18.0 Å². The molecule has 92 valence electrons. The van der Waals surface area contributed by atoms with Crippen molar-refractivity contribution in [2.24, 2.45) is 0 Å². The number of thioether (sulfide) groups is 1. The van der Waals surface area contributed by atoms with Crippen LogP contribution in [0.25, 0.3) is 0 Å². The van der Waals surface area contributed by atoms with Gasteiger partial charge in [-0.2, -0.15) is 13.2 Å². The molecule has 1 aromatic rings. The van der Waals surface area contributed by atoms with Gasteiger partial charge in [0.15, 0.2) is 0 Å². The predicted octanol–water partition coefficient (Wildman–Crippen LogP) is 2.77. The van der Waals surface area contributed by atoms with E-state index in [1.807, 2.05) is 0 Å². The molecule has 0 saturated heterocycles. The molecular formula is C11H10F3NOS. The first-order valence-electron chi connectivity index (χ1n) is 5.03. The highest BCUT2D eigenvalue weighted by atomic mass is 32.2. The van der Waals surface area contributed by atoms with E-state index in [0.29, 0.717) is 23.7 Å². The van der Waals surface area contributed by atoms with Crippen molar-refractivity contribution in [3.05, 3.63) is 29.3 Å². The molecule has 0 aliphatic carbocycles. The lowest BCUT2D eigenvalue weighted by molar-refractivity contribution is -0.137. The molecule has 1 aliphatic heterocycles. The Bertz CT molecular complexity index is 433. The maximum atomic E-state index is 12.5. The zero-order valence-electron chi connectivity index (χ0n) is 8.83. The first-order chi connectivity index (χ1) is 8.00. The average molecular weight is 261 g/mol. The summed E-state index contributed by atoms with van der Waals surface area (Å²) in [4.78, 5) is 12.9. The van der Waals surface area contributed by atoms with Crippen LogP contribution in [0.2, 0.25) is 0 Å². The largest absolute Gasteiger partial charge is 0.416 e. The summed E-state index contributed by atoms with van der Waals surface area (Å²) in [5.74, 6) is 0.618. The highest BCUT2D eigenvalue weighted by Crippen LogP contribution is 2.35. The summed E-state index contributed by atoms with van der Waals surface area (Å²) in [6.07, 6.45) is -3.58. The molecule has 0 fully saturated rings. The molecule has 1 aromatic carbocycles.